The summed E-state index contributed by atoms with van der Waals surface area (Å²) in [5.41, 5.74) is 0. The Morgan fingerprint density at radius 1 is 1.33 bits per heavy atom. The summed E-state index contributed by atoms with van der Waals surface area (Å²) in [4.78, 5) is 15.8. The predicted molar refractivity (Wildman–Crippen MR) is 58.7 cm³/mol. The van der Waals surface area contributed by atoms with Crippen molar-refractivity contribution >= 4 is 5.91 Å². The van der Waals surface area contributed by atoms with Gasteiger partial charge in [0, 0.05) is 38.3 Å². The molecule has 2 rings (SSSR count). The highest BCUT2D eigenvalue weighted by atomic mass is 16.2. The van der Waals surface area contributed by atoms with Crippen LogP contribution >= 0.6 is 0 Å². The van der Waals surface area contributed by atoms with Crippen LogP contribution in [-0.2, 0) is 4.79 Å². The molecule has 2 saturated heterocycles. The molecule has 0 saturated carbocycles. The summed E-state index contributed by atoms with van der Waals surface area (Å²) >= 11 is 0. The second-order valence-corrected chi connectivity index (χ2v) is 4.60. The average molecular weight is 212 g/mol. The van der Waals surface area contributed by atoms with E-state index in [0.717, 1.165) is 26.2 Å². The van der Waals surface area contributed by atoms with Gasteiger partial charge in [0.25, 0.3) is 0 Å². The summed E-state index contributed by atoms with van der Waals surface area (Å²) in [6.45, 7) is 4.52. The molecule has 0 aromatic rings. The summed E-state index contributed by atoms with van der Waals surface area (Å²) in [5, 5.41) is 6.23. The molecular weight excluding hydrogens is 192 g/mol. The van der Waals surface area contributed by atoms with Gasteiger partial charge in [0.15, 0.2) is 0 Å². The molecule has 0 spiro atoms. The second kappa shape index (κ2) is 4.47. The lowest BCUT2D eigenvalue weighted by Crippen LogP contribution is -2.64. The Balaban J connectivity index is 1.93. The molecule has 2 heterocycles. The molecule has 2 unspecified atom stereocenters. The number of carbonyl (C=O) groups excluding carboxylic acids is 1. The minimum absolute atomic E-state index is 0.109. The smallest absolute Gasteiger partial charge is 0.234 e. The number of rotatable bonds is 1. The third-order valence-electron chi connectivity index (χ3n) is 3.41. The number of amides is 1. The molecule has 2 aliphatic heterocycles. The van der Waals surface area contributed by atoms with Gasteiger partial charge in [0.2, 0.25) is 5.91 Å². The summed E-state index contributed by atoms with van der Waals surface area (Å²) in [6.07, 6.45) is 0. The van der Waals surface area contributed by atoms with Crippen LogP contribution in [-0.4, -0.2) is 74.6 Å². The first-order valence-electron chi connectivity index (χ1n) is 5.55. The van der Waals surface area contributed by atoms with Gasteiger partial charge in [-0.1, -0.05) is 0 Å². The zero-order chi connectivity index (χ0) is 10.8. The number of piperazine rings is 2. The fraction of sp³-hybridized carbons (Fsp3) is 0.900. The van der Waals surface area contributed by atoms with Crippen LogP contribution in [0.4, 0.5) is 0 Å². The molecule has 0 radical (unpaired) electrons. The fourth-order valence-electron chi connectivity index (χ4n) is 2.33. The molecule has 2 atom stereocenters. The largest absolute Gasteiger partial charge is 0.353 e. The molecule has 2 aliphatic rings. The summed E-state index contributed by atoms with van der Waals surface area (Å²) in [5.74, 6) is 0.109. The molecule has 5 nitrogen and oxygen atoms in total. The number of carbonyl (C=O) groups is 1. The summed E-state index contributed by atoms with van der Waals surface area (Å²) in [6, 6.07) is 0.889. The number of hydrogen-bond donors (Lipinski definition) is 2. The van der Waals surface area contributed by atoms with Gasteiger partial charge in [0.1, 0.15) is 0 Å². The van der Waals surface area contributed by atoms with E-state index in [2.05, 4.69) is 34.5 Å². The SMILES string of the molecule is CN1CCN(C)C(C2CNC(=O)CN2)C1. The first-order valence-corrected chi connectivity index (χ1v) is 5.55. The van der Waals surface area contributed by atoms with Crippen LogP contribution < -0.4 is 10.6 Å². The van der Waals surface area contributed by atoms with Crippen LogP contribution in [0.25, 0.3) is 0 Å². The maximum atomic E-state index is 11.0. The fourth-order valence-corrected chi connectivity index (χ4v) is 2.33. The van der Waals surface area contributed by atoms with Crippen LogP contribution in [0.1, 0.15) is 0 Å². The van der Waals surface area contributed by atoms with Crippen molar-refractivity contribution in [1.29, 1.82) is 0 Å². The van der Waals surface area contributed by atoms with Crippen molar-refractivity contribution in [1.82, 2.24) is 20.4 Å². The Morgan fingerprint density at radius 3 is 2.80 bits per heavy atom. The van der Waals surface area contributed by atoms with Gasteiger partial charge in [-0.05, 0) is 14.1 Å². The van der Waals surface area contributed by atoms with Crippen LogP contribution in [0.2, 0.25) is 0 Å². The van der Waals surface area contributed by atoms with Crippen molar-refractivity contribution in [2.45, 2.75) is 12.1 Å². The lowest BCUT2D eigenvalue weighted by molar-refractivity contribution is -0.122. The Hall–Kier alpha value is -0.650. The van der Waals surface area contributed by atoms with E-state index in [-0.39, 0.29) is 5.91 Å². The van der Waals surface area contributed by atoms with Crippen molar-refractivity contribution < 1.29 is 4.79 Å². The van der Waals surface area contributed by atoms with Gasteiger partial charge in [-0.3, -0.25) is 9.69 Å². The highest BCUT2D eigenvalue weighted by molar-refractivity contribution is 5.78. The van der Waals surface area contributed by atoms with Crippen molar-refractivity contribution in [3.63, 3.8) is 0 Å². The van der Waals surface area contributed by atoms with Gasteiger partial charge < -0.3 is 15.5 Å². The monoisotopic (exact) mass is 212 g/mol. The number of hydrogen-bond acceptors (Lipinski definition) is 4. The molecule has 0 aromatic heterocycles. The van der Waals surface area contributed by atoms with E-state index in [1.807, 2.05) is 0 Å². The minimum atomic E-state index is 0.109. The molecule has 0 bridgehead atoms. The summed E-state index contributed by atoms with van der Waals surface area (Å²) < 4.78 is 0. The quantitative estimate of drug-likeness (QED) is 0.545. The molecule has 0 aromatic carbocycles. The van der Waals surface area contributed by atoms with Crippen LogP contribution in [0.15, 0.2) is 0 Å². The number of nitrogens with zero attached hydrogens (tertiary/aromatic N) is 2. The third-order valence-corrected chi connectivity index (χ3v) is 3.41. The first-order chi connectivity index (χ1) is 7.16. The van der Waals surface area contributed by atoms with Crippen molar-refractivity contribution in [2.24, 2.45) is 0 Å². The third kappa shape index (κ3) is 2.48. The molecule has 2 N–H and O–H groups in total. The molecule has 1 amide bonds. The van der Waals surface area contributed by atoms with Crippen LogP contribution in [0.5, 0.6) is 0 Å². The van der Waals surface area contributed by atoms with E-state index in [1.54, 1.807) is 0 Å². The first kappa shape index (κ1) is 10.9. The maximum absolute atomic E-state index is 11.0. The molecule has 0 aliphatic carbocycles. The normalized spacial score (nSPS) is 35.2. The lowest BCUT2D eigenvalue weighted by Gasteiger charge is -2.43. The predicted octanol–water partition coefficient (Wildman–Crippen LogP) is -1.68. The van der Waals surface area contributed by atoms with Crippen molar-refractivity contribution in [3.05, 3.63) is 0 Å². The average Bonchev–Trinajstić information content (AvgIpc) is 2.23. The second-order valence-electron chi connectivity index (χ2n) is 4.60. The Morgan fingerprint density at radius 2 is 2.13 bits per heavy atom. The standard InChI is InChI=1S/C10H20N4O/c1-13-3-4-14(2)9(7-13)8-5-12-10(15)6-11-8/h8-9,11H,3-7H2,1-2H3,(H,12,15). The maximum Gasteiger partial charge on any atom is 0.234 e. The zero-order valence-electron chi connectivity index (χ0n) is 9.49. The van der Waals surface area contributed by atoms with Gasteiger partial charge in [-0.25, -0.2) is 0 Å². The van der Waals surface area contributed by atoms with E-state index < -0.39 is 0 Å². The van der Waals surface area contributed by atoms with Crippen LogP contribution in [0.3, 0.4) is 0 Å². The summed E-state index contributed by atoms with van der Waals surface area (Å²) in [7, 11) is 4.32. The van der Waals surface area contributed by atoms with Crippen molar-refractivity contribution in [2.75, 3.05) is 46.8 Å². The molecule has 15 heavy (non-hydrogen) atoms. The van der Waals surface area contributed by atoms with E-state index >= 15 is 0 Å². The number of nitrogens with one attached hydrogen (secondary N) is 2. The topological polar surface area (TPSA) is 47.6 Å². The van der Waals surface area contributed by atoms with E-state index in [0.29, 0.717) is 18.6 Å². The van der Waals surface area contributed by atoms with Gasteiger partial charge >= 0.3 is 0 Å². The van der Waals surface area contributed by atoms with E-state index in [4.69, 9.17) is 0 Å². The zero-order valence-corrected chi connectivity index (χ0v) is 9.49. The minimum Gasteiger partial charge on any atom is -0.353 e. The Kier molecular flexibility index (Phi) is 3.23. The van der Waals surface area contributed by atoms with Crippen LogP contribution in [0, 0.1) is 0 Å². The highest BCUT2D eigenvalue weighted by Crippen LogP contribution is 2.10. The van der Waals surface area contributed by atoms with Gasteiger partial charge in [0.05, 0.1) is 6.54 Å². The van der Waals surface area contributed by atoms with Gasteiger partial charge in [-0.15, -0.1) is 0 Å². The molecule has 2 fully saturated rings. The van der Waals surface area contributed by atoms with E-state index in [9.17, 15) is 4.79 Å². The number of likely N-dealkylation sites (N-methyl/N-ethyl adjacent to an activating group) is 2. The molecule has 86 valence electrons. The molecule has 5 heteroatoms. The van der Waals surface area contributed by atoms with E-state index in [1.165, 1.54) is 0 Å². The Labute approximate surface area is 90.8 Å². The lowest BCUT2D eigenvalue weighted by atomic mass is 10.0. The van der Waals surface area contributed by atoms with Gasteiger partial charge in [-0.2, -0.15) is 0 Å². The van der Waals surface area contributed by atoms with Crippen molar-refractivity contribution in [3.8, 4) is 0 Å². The Bertz CT molecular complexity index is 236. The highest BCUT2D eigenvalue weighted by Gasteiger charge is 2.31. The molecular formula is C10H20N4O.